The average molecular weight is 234 g/mol. The Labute approximate surface area is 103 Å². The smallest absolute Gasteiger partial charge is 0.178 e. The molecule has 3 nitrogen and oxygen atoms in total. The number of aromatic nitrogens is 1. The van der Waals surface area contributed by atoms with E-state index < -0.39 is 0 Å². The minimum atomic E-state index is 0.176. The molecule has 94 valence electrons. The van der Waals surface area contributed by atoms with Crippen molar-refractivity contribution in [1.82, 2.24) is 9.88 Å². The highest BCUT2D eigenvalue weighted by Crippen LogP contribution is 2.28. The molecule has 17 heavy (non-hydrogen) atoms. The van der Waals surface area contributed by atoms with Crippen molar-refractivity contribution in [2.45, 2.75) is 46.1 Å². The number of likely N-dealkylation sites (tertiary alicyclic amines) is 1. The fraction of sp³-hybridized carbons (Fsp3) is 0.643. The number of H-pyrrole nitrogens is 1. The molecule has 0 atom stereocenters. The van der Waals surface area contributed by atoms with Gasteiger partial charge in [0.05, 0.1) is 6.54 Å². The number of nitrogens with zero attached hydrogens (tertiary/aromatic N) is 1. The Hall–Kier alpha value is -1.09. The lowest BCUT2D eigenvalue weighted by molar-refractivity contribution is 0.0871. The van der Waals surface area contributed by atoms with Crippen molar-refractivity contribution in [3.63, 3.8) is 0 Å². The SMILES string of the molecule is Cc1cc(C(=O)CN2CCCC2(C)C)c(C)[nH]1. The van der Waals surface area contributed by atoms with Crippen LogP contribution in [-0.2, 0) is 0 Å². The molecule has 1 aliphatic heterocycles. The number of nitrogens with one attached hydrogen (secondary N) is 1. The van der Waals surface area contributed by atoms with E-state index in [0.717, 1.165) is 23.5 Å². The molecule has 0 unspecified atom stereocenters. The van der Waals surface area contributed by atoms with Gasteiger partial charge in [-0.05, 0) is 53.1 Å². The van der Waals surface area contributed by atoms with Crippen molar-refractivity contribution >= 4 is 5.78 Å². The first-order valence-electron chi connectivity index (χ1n) is 6.34. The largest absolute Gasteiger partial charge is 0.362 e. The molecule has 0 radical (unpaired) electrons. The fourth-order valence-corrected chi connectivity index (χ4v) is 2.73. The van der Waals surface area contributed by atoms with Gasteiger partial charge in [0.15, 0.2) is 5.78 Å². The van der Waals surface area contributed by atoms with E-state index in [4.69, 9.17) is 0 Å². The summed E-state index contributed by atoms with van der Waals surface area (Å²) in [4.78, 5) is 17.8. The van der Waals surface area contributed by atoms with E-state index in [1.165, 1.54) is 12.8 Å². The molecule has 1 N–H and O–H groups in total. The van der Waals surface area contributed by atoms with Gasteiger partial charge in [0.25, 0.3) is 0 Å². The van der Waals surface area contributed by atoms with Gasteiger partial charge in [-0.25, -0.2) is 0 Å². The third-order valence-electron chi connectivity index (χ3n) is 3.86. The van der Waals surface area contributed by atoms with Gasteiger partial charge < -0.3 is 4.98 Å². The zero-order chi connectivity index (χ0) is 12.6. The van der Waals surface area contributed by atoms with Crippen molar-refractivity contribution in [2.24, 2.45) is 0 Å². The third kappa shape index (κ3) is 2.44. The standard InChI is InChI=1S/C14H22N2O/c1-10-8-12(11(2)15-10)13(17)9-16-7-5-6-14(16,3)4/h8,15H,5-7,9H2,1-4H3. The van der Waals surface area contributed by atoms with E-state index in [1.807, 2.05) is 19.9 Å². The van der Waals surface area contributed by atoms with Gasteiger partial charge in [0.2, 0.25) is 0 Å². The molecule has 1 aromatic heterocycles. The number of ketones is 1. The van der Waals surface area contributed by atoms with Crippen LogP contribution in [0.15, 0.2) is 6.07 Å². The van der Waals surface area contributed by atoms with Gasteiger partial charge in [0.1, 0.15) is 0 Å². The summed E-state index contributed by atoms with van der Waals surface area (Å²) < 4.78 is 0. The van der Waals surface area contributed by atoms with Gasteiger partial charge in [-0.2, -0.15) is 0 Å². The van der Waals surface area contributed by atoms with E-state index in [9.17, 15) is 4.79 Å². The Morgan fingerprint density at radius 1 is 1.47 bits per heavy atom. The second-order valence-electron chi connectivity index (χ2n) is 5.75. The monoisotopic (exact) mass is 234 g/mol. The second kappa shape index (κ2) is 4.30. The molecule has 0 aromatic carbocycles. The van der Waals surface area contributed by atoms with Gasteiger partial charge in [-0.3, -0.25) is 9.69 Å². The molecule has 0 aliphatic carbocycles. The molecular weight excluding hydrogens is 212 g/mol. The zero-order valence-electron chi connectivity index (χ0n) is 11.3. The lowest BCUT2D eigenvalue weighted by Gasteiger charge is -2.30. The number of hydrogen-bond donors (Lipinski definition) is 1. The highest BCUT2D eigenvalue weighted by molar-refractivity contribution is 5.98. The van der Waals surface area contributed by atoms with Crippen LogP contribution < -0.4 is 0 Å². The van der Waals surface area contributed by atoms with Gasteiger partial charge in [0, 0.05) is 22.5 Å². The molecule has 2 heterocycles. The first-order chi connectivity index (χ1) is 7.90. The number of rotatable bonds is 3. The minimum Gasteiger partial charge on any atom is -0.362 e. The van der Waals surface area contributed by atoms with Gasteiger partial charge in [-0.1, -0.05) is 0 Å². The number of carbonyl (C=O) groups is 1. The molecule has 2 rings (SSSR count). The van der Waals surface area contributed by atoms with E-state index in [0.29, 0.717) is 6.54 Å². The normalized spacial score (nSPS) is 19.8. The Balaban J connectivity index is 2.10. The molecule has 0 saturated carbocycles. The molecule has 0 spiro atoms. The highest BCUT2D eigenvalue weighted by atomic mass is 16.1. The Morgan fingerprint density at radius 2 is 2.18 bits per heavy atom. The van der Waals surface area contributed by atoms with Crippen LogP contribution in [0, 0.1) is 13.8 Å². The summed E-state index contributed by atoms with van der Waals surface area (Å²) in [6.07, 6.45) is 2.39. The maximum Gasteiger partial charge on any atom is 0.178 e. The number of Topliss-reactive ketones (excluding diaryl/α,β-unsaturated/α-hetero) is 1. The van der Waals surface area contributed by atoms with Crippen LogP contribution in [0.5, 0.6) is 0 Å². The topological polar surface area (TPSA) is 36.1 Å². The van der Waals surface area contributed by atoms with E-state index in [2.05, 4.69) is 23.7 Å². The molecule has 1 fully saturated rings. The quantitative estimate of drug-likeness (QED) is 0.816. The number of aromatic amines is 1. The second-order valence-corrected chi connectivity index (χ2v) is 5.75. The Morgan fingerprint density at radius 3 is 2.65 bits per heavy atom. The Bertz CT molecular complexity index is 431. The maximum atomic E-state index is 12.3. The molecule has 1 aromatic rings. The van der Waals surface area contributed by atoms with Crippen molar-refractivity contribution < 1.29 is 4.79 Å². The van der Waals surface area contributed by atoms with Crippen LogP contribution >= 0.6 is 0 Å². The van der Waals surface area contributed by atoms with Crippen LogP contribution in [0.2, 0.25) is 0 Å². The third-order valence-corrected chi connectivity index (χ3v) is 3.86. The lowest BCUT2D eigenvalue weighted by Crippen LogP contribution is -2.41. The fourth-order valence-electron chi connectivity index (χ4n) is 2.73. The van der Waals surface area contributed by atoms with Crippen LogP contribution in [0.4, 0.5) is 0 Å². The zero-order valence-corrected chi connectivity index (χ0v) is 11.3. The van der Waals surface area contributed by atoms with Crippen LogP contribution in [0.25, 0.3) is 0 Å². The van der Waals surface area contributed by atoms with E-state index in [-0.39, 0.29) is 11.3 Å². The maximum absolute atomic E-state index is 12.3. The number of carbonyl (C=O) groups excluding carboxylic acids is 1. The van der Waals surface area contributed by atoms with Crippen molar-refractivity contribution in [3.8, 4) is 0 Å². The summed E-state index contributed by atoms with van der Waals surface area (Å²) in [7, 11) is 0. The number of hydrogen-bond acceptors (Lipinski definition) is 2. The van der Waals surface area contributed by atoms with Crippen LogP contribution in [0.3, 0.4) is 0 Å². The van der Waals surface area contributed by atoms with Crippen molar-refractivity contribution in [1.29, 1.82) is 0 Å². The molecule has 0 amide bonds. The van der Waals surface area contributed by atoms with Crippen molar-refractivity contribution in [2.75, 3.05) is 13.1 Å². The first-order valence-corrected chi connectivity index (χ1v) is 6.34. The van der Waals surface area contributed by atoms with E-state index >= 15 is 0 Å². The minimum absolute atomic E-state index is 0.176. The summed E-state index contributed by atoms with van der Waals surface area (Å²) in [5.41, 5.74) is 3.08. The van der Waals surface area contributed by atoms with Gasteiger partial charge >= 0.3 is 0 Å². The average Bonchev–Trinajstić information content (AvgIpc) is 2.70. The van der Waals surface area contributed by atoms with Gasteiger partial charge in [-0.15, -0.1) is 0 Å². The summed E-state index contributed by atoms with van der Waals surface area (Å²) in [6.45, 7) is 10.00. The van der Waals surface area contributed by atoms with Crippen LogP contribution in [-0.4, -0.2) is 34.3 Å². The summed E-state index contributed by atoms with van der Waals surface area (Å²) >= 11 is 0. The predicted octanol–water partition coefficient (Wildman–Crippen LogP) is 2.69. The molecule has 1 saturated heterocycles. The summed E-state index contributed by atoms with van der Waals surface area (Å²) in [5, 5.41) is 0. The molecule has 3 heteroatoms. The molecular formula is C14H22N2O. The number of aryl methyl sites for hydroxylation is 2. The summed E-state index contributed by atoms with van der Waals surface area (Å²) in [5.74, 6) is 0.238. The lowest BCUT2D eigenvalue weighted by atomic mass is 10.0. The summed E-state index contributed by atoms with van der Waals surface area (Å²) in [6, 6.07) is 1.96. The first kappa shape index (κ1) is 12.4. The van der Waals surface area contributed by atoms with Crippen LogP contribution in [0.1, 0.15) is 48.4 Å². The predicted molar refractivity (Wildman–Crippen MR) is 69.5 cm³/mol. The molecule has 1 aliphatic rings. The Kier molecular flexibility index (Phi) is 3.13. The van der Waals surface area contributed by atoms with E-state index in [1.54, 1.807) is 0 Å². The highest BCUT2D eigenvalue weighted by Gasteiger charge is 2.33. The van der Waals surface area contributed by atoms with Crippen molar-refractivity contribution in [3.05, 3.63) is 23.0 Å². The molecule has 0 bridgehead atoms.